The second-order valence-corrected chi connectivity index (χ2v) is 4.88. The van der Waals surface area contributed by atoms with Gasteiger partial charge in [-0.1, -0.05) is 23.8 Å². The summed E-state index contributed by atoms with van der Waals surface area (Å²) in [6.45, 7) is 3.08. The summed E-state index contributed by atoms with van der Waals surface area (Å²) in [6, 6.07) is 14.2. The largest absolute Gasteiger partial charge is 0.326 e. The lowest BCUT2D eigenvalue weighted by atomic mass is 9.99. The van der Waals surface area contributed by atoms with Crippen molar-refractivity contribution in [3.63, 3.8) is 0 Å². The van der Waals surface area contributed by atoms with Crippen LogP contribution in [0.25, 0.3) is 0 Å². The van der Waals surface area contributed by atoms with Crippen molar-refractivity contribution in [2.75, 3.05) is 11.4 Å². The number of anilines is 2. The average molecular weight is 249 g/mol. The highest BCUT2D eigenvalue weighted by molar-refractivity contribution is 5.66. The van der Waals surface area contributed by atoms with Crippen LogP contribution in [0.2, 0.25) is 0 Å². The highest BCUT2D eigenvalue weighted by atomic mass is 15.2. The molecule has 0 N–H and O–H groups in total. The molecule has 0 unspecified atom stereocenters. The fraction of sp³-hybridized carbons (Fsp3) is 0.250. The minimum Gasteiger partial charge on any atom is -0.326 e. The number of fused-ring (bicyclic) bond motifs is 1. The predicted octanol–water partition coefficient (Wildman–Crippen LogP) is 3.35. The molecule has 0 bridgehead atoms. The van der Waals surface area contributed by atoms with E-state index in [0.29, 0.717) is 5.69 Å². The topological polar surface area (TPSA) is 39.9 Å². The Kier molecular flexibility index (Phi) is 2.92. The van der Waals surface area contributed by atoms with Crippen LogP contribution in [0.15, 0.2) is 36.4 Å². The fourth-order valence-electron chi connectivity index (χ4n) is 2.60. The Balaban J connectivity index is 2.06. The van der Waals surface area contributed by atoms with E-state index in [4.69, 9.17) is 5.26 Å². The first kappa shape index (κ1) is 11.7. The number of pyridine rings is 1. The van der Waals surface area contributed by atoms with Gasteiger partial charge in [-0.15, -0.1) is 0 Å². The van der Waals surface area contributed by atoms with Crippen molar-refractivity contribution in [2.24, 2.45) is 0 Å². The Morgan fingerprint density at radius 1 is 1.26 bits per heavy atom. The number of rotatable bonds is 1. The van der Waals surface area contributed by atoms with Gasteiger partial charge in [0.2, 0.25) is 0 Å². The lowest BCUT2D eigenvalue weighted by molar-refractivity contribution is 0.758. The molecule has 0 atom stereocenters. The molecule has 2 heterocycles. The lowest BCUT2D eigenvalue weighted by Gasteiger charge is -2.30. The molecule has 19 heavy (non-hydrogen) atoms. The Hall–Kier alpha value is -2.34. The Morgan fingerprint density at radius 2 is 2.16 bits per heavy atom. The van der Waals surface area contributed by atoms with Gasteiger partial charge in [0.1, 0.15) is 17.6 Å². The van der Waals surface area contributed by atoms with E-state index < -0.39 is 0 Å². The molecule has 1 aliphatic rings. The summed E-state index contributed by atoms with van der Waals surface area (Å²) in [4.78, 5) is 6.61. The molecule has 0 saturated heterocycles. The molecule has 1 aromatic heterocycles. The molecule has 0 saturated carbocycles. The number of hydrogen-bond acceptors (Lipinski definition) is 3. The molecule has 3 heteroatoms. The SMILES string of the molecule is Cc1ccc2c(c1)CCCN2c1cccc(C#N)n1. The maximum atomic E-state index is 8.96. The van der Waals surface area contributed by atoms with Crippen molar-refractivity contribution >= 4 is 11.5 Å². The number of hydrogen-bond donors (Lipinski definition) is 0. The van der Waals surface area contributed by atoms with Crippen molar-refractivity contribution in [3.05, 3.63) is 53.2 Å². The number of nitriles is 1. The summed E-state index contributed by atoms with van der Waals surface area (Å²) in [5.41, 5.74) is 4.35. The van der Waals surface area contributed by atoms with E-state index in [-0.39, 0.29) is 0 Å². The zero-order chi connectivity index (χ0) is 13.2. The predicted molar refractivity (Wildman–Crippen MR) is 75.5 cm³/mol. The van der Waals surface area contributed by atoms with Crippen molar-refractivity contribution < 1.29 is 0 Å². The van der Waals surface area contributed by atoms with Crippen LogP contribution in [0.5, 0.6) is 0 Å². The van der Waals surface area contributed by atoms with Crippen LogP contribution in [0.4, 0.5) is 11.5 Å². The first-order chi connectivity index (χ1) is 9.28. The first-order valence-electron chi connectivity index (χ1n) is 6.52. The minimum atomic E-state index is 0.469. The Labute approximate surface area is 113 Å². The summed E-state index contributed by atoms with van der Waals surface area (Å²) < 4.78 is 0. The van der Waals surface area contributed by atoms with Crippen LogP contribution < -0.4 is 4.90 Å². The van der Waals surface area contributed by atoms with Crippen molar-refractivity contribution in [3.8, 4) is 6.07 Å². The summed E-state index contributed by atoms with van der Waals surface area (Å²) in [5.74, 6) is 0.865. The molecule has 3 rings (SSSR count). The first-order valence-corrected chi connectivity index (χ1v) is 6.52. The molecule has 1 aliphatic heterocycles. The highest BCUT2D eigenvalue weighted by Gasteiger charge is 2.19. The lowest BCUT2D eigenvalue weighted by Crippen LogP contribution is -2.25. The van der Waals surface area contributed by atoms with E-state index in [1.165, 1.54) is 16.8 Å². The maximum absolute atomic E-state index is 8.96. The number of aryl methyl sites for hydroxylation is 2. The zero-order valence-corrected chi connectivity index (χ0v) is 10.9. The van der Waals surface area contributed by atoms with Gasteiger partial charge in [-0.2, -0.15) is 5.26 Å². The molecule has 0 radical (unpaired) electrons. The maximum Gasteiger partial charge on any atom is 0.142 e. The van der Waals surface area contributed by atoms with Gasteiger partial charge in [0, 0.05) is 12.2 Å². The van der Waals surface area contributed by atoms with Crippen LogP contribution in [0.1, 0.15) is 23.2 Å². The molecular formula is C16H15N3. The second kappa shape index (κ2) is 4.74. The van der Waals surface area contributed by atoms with Gasteiger partial charge in [-0.25, -0.2) is 4.98 Å². The van der Waals surface area contributed by atoms with Gasteiger partial charge < -0.3 is 4.90 Å². The van der Waals surface area contributed by atoms with E-state index in [9.17, 15) is 0 Å². The van der Waals surface area contributed by atoms with Crippen molar-refractivity contribution in [1.82, 2.24) is 4.98 Å². The molecular weight excluding hydrogens is 234 g/mol. The van der Waals surface area contributed by atoms with Gasteiger partial charge in [-0.3, -0.25) is 0 Å². The summed E-state index contributed by atoms with van der Waals surface area (Å²) in [6.07, 6.45) is 2.24. The molecule has 0 fully saturated rings. The fourth-order valence-corrected chi connectivity index (χ4v) is 2.60. The van der Waals surface area contributed by atoms with Crippen LogP contribution >= 0.6 is 0 Å². The Morgan fingerprint density at radius 3 is 3.00 bits per heavy atom. The third-order valence-corrected chi connectivity index (χ3v) is 3.48. The minimum absolute atomic E-state index is 0.469. The third kappa shape index (κ3) is 2.17. The molecule has 0 aliphatic carbocycles. The molecule has 2 aromatic rings. The van der Waals surface area contributed by atoms with E-state index in [2.05, 4.69) is 41.1 Å². The monoisotopic (exact) mass is 249 g/mol. The molecule has 3 nitrogen and oxygen atoms in total. The Bertz CT molecular complexity index is 655. The van der Waals surface area contributed by atoms with Gasteiger partial charge in [0.25, 0.3) is 0 Å². The van der Waals surface area contributed by atoms with E-state index >= 15 is 0 Å². The normalized spacial score (nSPS) is 13.8. The average Bonchev–Trinajstić information content (AvgIpc) is 2.46. The zero-order valence-electron chi connectivity index (χ0n) is 10.9. The molecule has 1 aromatic carbocycles. The summed E-state index contributed by atoms with van der Waals surface area (Å²) >= 11 is 0. The van der Waals surface area contributed by atoms with Crippen molar-refractivity contribution in [1.29, 1.82) is 5.26 Å². The van der Waals surface area contributed by atoms with E-state index in [1.807, 2.05) is 12.1 Å². The molecule has 0 spiro atoms. The van der Waals surface area contributed by atoms with Gasteiger partial charge >= 0.3 is 0 Å². The second-order valence-electron chi connectivity index (χ2n) is 4.88. The van der Waals surface area contributed by atoms with Gasteiger partial charge in [-0.05, 0) is 43.5 Å². The van der Waals surface area contributed by atoms with E-state index in [1.54, 1.807) is 6.07 Å². The van der Waals surface area contributed by atoms with Gasteiger partial charge in [0.05, 0.1) is 0 Å². The standard InChI is InChI=1S/C16H15N3/c1-12-7-8-15-13(10-12)4-3-9-19(15)16-6-2-5-14(11-17)18-16/h2,5-8,10H,3-4,9H2,1H3. The quantitative estimate of drug-likeness (QED) is 0.778. The van der Waals surface area contributed by atoms with Crippen LogP contribution in [0.3, 0.4) is 0 Å². The van der Waals surface area contributed by atoms with Crippen LogP contribution in [0, 0.1) is 18.3 Å². The molecule has 0 amide bonds. The van der Waals surface area contributed by atoms with Gasteiger partial charge in [0.15, 0.2) is 0 Å². The van der Waals surface area contributed by atoms with Crippen molar-refractivity contribution in [2.45, 2.75) is 19.8 Å². The number of benzene rings is 1. The number of nitrogens with zero attached hydrogens (tertiary/aromatic N) is 3. The third-order valence-electron chi connectivity index (χ3n) is 3.48. The smallest absolute Gasteiger partial charge is 0.142 e. The summed E-state index contributed by atoms with van der Waals surface area (Å²) in [5, 5.41) is 8.96. The van der Waals surface area contributed by atoms with E-state index in [0.717, 1.165) is 25.2 Å². The summed E-state index contributed by atoms with van der Waals surface area (Å²) in [7, 11) is 0. The van der Waals surface area contributed by atoms with Crippen LogP contribution in [-0.2, 0) is 6.42 Å². The number of aromatic nitrogens is 1. The molecule has 94 valence electrons. The highest BCUT2D eigenvalue weighted by Crippen LogP contribution is 2.32. The van der Waals surface area contributed by atoms with Crippen LogP contribution in [-0.4, -0.2) is 11.5 Å².